The van der Waals surface area contributed by atoms with Crippen LogP contribution in [-0.4, -0.2) is 11.0 Å². The molecule has 0 bridgehead atoms. The molecule has 0 saturated heterocycles. The Bertz CT molecular complexity index is 317. The van der Waals surface area contributed by atoms with Crippen LogP contribution in [0.15, 0.2) is 6.20 Å². The predicted molar refractivity (Wildman–Crippen MR) is 65.2 cm³/mol. The average Bonchev–Trinajstić information content (AvgIpc) is 2.97. The van der Waals surface area contributed by atoms with Gasteiger partial charge in [-0.3, -0.25) is 0 Å². The summed E-state index contributed by atoms with van der Waals surface area (Å²) in [6.07, 6.45) is 5.92. The lowest BCUT2D eigenvalue weighted by molar-refractivity contribution is 0.411. The van der Waals surface area contributed by atoms with Gasteiger partial charge in [-0.2, -0.15) is 0 Å². The fourth-order valence-corrected chi connectivity index (χ4v) is 2.71. The van der Waals surface area contributed by atoms with Crippen LogP contribution in [0.2, 0.25) is 0 Å². The van der Waals surface area contributed by atoms with E-state index in [2.05, 4.69) is 31.1 Å². The minimum Gasteiger partial charge on any atom is -0.305 e. The maximum absolute atomic E-state index is 4.52. The van der Waals surface area contributed by atoms with E-state index >= 15 is 0 Å². The van der Waals surface area contributed by atoms with E-state index in [0.29, 0.717) is 12.1 Å². The molecule has 1 aliphatic rings. The first-order valence-corrected chi connectivity index (χ1v) is 6.70. The summed E-state index contributed by atoms with van der Waals surface area (Å²) >= 11 is 1.84. The number of hydrogen-bond acceptors (Lipinski definition) is 3. The maximum atomic E-state index is 4.52. The van der Waals surface area contributed by atoms with Gasteiger partial charge in [0.25, 0.3) is 0 Å². The van der Waals surface area contributed by atoms with Gasteiger partial charge < -0.3 is 5.32 Å². The van der Waals surface area contributed by atoms with Gasteiger partial charge >= 0.3 is 0 Å². The number of rotatable bonds is 5. The molecule has 1 saturated carbocycles. The third-order valence-electron chi connectivity index (χ3n) is 3.08. The summed E-state index contributed by atoms with van der Waals surface area (Å²) in [5.74, 6) is 0.838. The molecule has 2 nitrogen and oxygen atoms in total. The molecule has 0 radical (unpaired) electrons. The lowest BCUT2D eigenvalue weighted by atomic mass is 10.1. The van der Waals surface area contributed by atoms with Crippen LogP contribution in [0.25, 0.3) is 0 Å². The number of nitrogens with one attached hydrogen (secondary N) is 1. The first-order valence-electron chi connectivity index (χ1n) is 5.89. The fourth-order valence-electron chi connectivity index (χ4n) is 1.78. The van der Waals surface area contributed by atoms with Crippen LogP contribution < -0.4 is 5.32 Å². The van der Waals surface area contributed by atoms with Crippen LogP contribution >= 0.6 is 11.3 Å². The van der Waals surface area contributed by atoms with E-state index in [1.165, 1.54) is 29.1 Å². The van der Waals surface area contributed by atoms with E-state index in [4.69, 9.17) is 0 Å². The first-order chi connectivity index (χ1) is 7.20. The molecule has 0 amide bonds. The highest BCUT2D eigenvalue weighted by Gasteiger charge is 2.34. The normalized spacial score (nSPS) is 20.2. The highest BCUT2D eigenvalue weighted by Crippen LogP contribution is 2.42. The van der Waals surface area contributed by atoms with Crippen molar-refractivity contribution in [2.75, 3.05) is 0 Å². The monoisotopic (exact) mass is 224 g/mol. The Balaban J connectivity index is 2.06. The summed E-state index contributed by atoms with van der Waals surface area (Å²) in [4.78, 5) is 5.84. The molecule has 0 aliphatic heterocycles. The van der Waals surface area contributed by atoms with Crippen LogP contribution in [0.3, 0.4) is 0 Å². The largest absolute Gasteiger partial charge is 0.305 e. The topological polar surface area (TPSA) is 24.9 Å². The van der Waals surface area contributed by atoms with E-state index in [1.54, 1.807) is 0 Å². The van der Waals surface area contributed by atoms with Crippen molar-refractivity contribution in [2.24, 2.45) is 5.92 Å². The molecule has 1 fully saturated rings. The smallest absolute Gasteiger partial charge is 0.110 e. The third-order valence-corrected chi connectivity index (χ3v) is 4.07. The van der Waals surface area contributed by atoms with Crippen molar-refractivity contribution in [3.05, 3.63) is 16.1 Å². The van der Waals surface area contributed by atoms with Gasteiger partial charge in [0.05, 0.1) is 6.04 Å². The number of aryl methyl sites for hydroxylation is 1. The fraction of sp³-hybridized carbons (Fsp3) is 0.750. The summed E-state index contributed by atoms with van der Waals surface area (Å²) in [6, 6.07) is 1.11. The van der Waals surface area contributed by atoms with E-state index in [-0.39, 0.29) is 0 Å². The zero-order valence-corrected chi connectivity index (χ0v) is 10.6. The Labute approximate surface area is 96.1 Å². The Morgan fingerprint density at radius 3 is 2.80 bits per heavy atom. The molecule has 15 heavy (non-hydrogen) atoms. The van der Waals surface area contributed by atoms with Crippen molar-refractivity contribution < 1.29 is 0 Å². The zero-order chi connectivity index (χ0) is 10.8. The Morgan fingerprint density at radius 1 is 1.60 bits per heavy atom. The minimum absolute atomic E-state index is 0.513. The number of aromatic nitrogens is 1. The van der Waals surface area contributed by atoms with Crippen molar-refractivity contribution in [1.29, 1.82) is 0 Å². The molecular weight excluding hydrogens is 204 g/mol. The SMILES string of the molecule is CCC(C)NC(c1ncc(C)s1)C1CC1. The second-order valence-electron chi connectivity index (χ2n) is 4.60. The molecule has 0 spiro atoms. The molecule has 2 atom stereocenters. The predicted octanol–water partition coefficient (Wildman–Crippen LogP) is 3.29. The summed E-state index contributed by atoms with van der Waals surface area (Å²) in [5, 5.41) is 4.99. The Morgan fingerprint density at radius 2 is 2.33 bits per heavy atom. The quantitative estimate of drug-likeness (QED) is 0.830. The lowest BCUT2D eigenvalue weighted by Crippen LogP contribution is -2.31. The van der Waals surface area contributed by atoms with Crippen LogP contribution in [0, 0.1) is 12.8 Å². The van der Waals surface area contributed by atoms with Gasteiger partial charge in [0.15, 0.2) is 0 Å². The summed E-state index contributed by atoms with van der Waals surface area (Å²) in [5.41, 5.74) is 0. The molecule has 0 aromatic carbocycles. The second kappa shape index (κ2) is 4.62. The number of hydrogen-bond donors (Lipinski definition) is 1. The van der Waals surface area contributed by atoms with E-state index in [0.717, 1.165) is 5.92 Å². The minimum atomic E-state index is 0.513. The highest BCUT2D eigenvalue weighted by molar-refractivity contribution is 7.11. The van der Waals surface area contributed by atoms with Gasteiger partial charge in [-0.1, -0.05) is 6.92 Å². The molecule has 1 heterocycles. The molecule has 1 N–H and O–H groups in total. The Kier molecular flexibility index (Phi) is 3.42. The molecule has 1 aromatic rings. The van der Waals surface area contributed by atoms with Crippen LogP contribution in [-0.2, 0) is 0 Å². The van der Waals surface area contributed by atoms with Gasteiger partial charge in [-0.25, -0.2) is 4.98 Å². The molecule has 2 unspecified atom stereocenters. The lowest BCUT2D eigenvalue weighted by Gasteiger charge is -2.20. The highest BCUT2D eigenvalue weighted by atomic mass is 32.1. The molecule has 1 aliphatic carbocycles. The van der Waals surface area contributed by atoms with E-state index in [1.807, 2.05) is 17.5 Å². The Hall–Kier alpha value is -0.410. The summed E-state index contributed by atoms with van der Waals surface area (Å²) in [6.45, 7) is 6.62. The van der Waals surface area contributed by atoms with E-state index < -0.39 is 0 Å². The van der Waals surface area contributed by atoms with Crippen molar-refractivity contribution >= 4 is 11.3 Å². The van der Waals surface area contributed by atoms with Gasteiger partial charge in [0.1, 0.15) is 5.01 Å². The van der Waals surface area contributed by atoms with Crippen LogP contribution in [0.4, 0.5) is 0 Å². The van der Waals surface area contributed by atoms with Gasteiger partial charge in [-0.05, 0) is 39.0 Å². The summed E-state index contributed by atoms with van der Waals surface area (Å²) < 4.78 is 0. The number of nitrogens with zero attached hydrogens (tertiary/aromatic N) is 1. The van der Waals surface area contributed by atoms with E-state index in [9.17, 15) is 0 Å². The van der Waals surface area contributed by atoms with Crippen molar-refractivity contribution in [2.45, 2.75) is 52.1 Å². The standard InChI is InChI=1S/C12H20N2S/c1-4-8(2)14-11(10-5-6-10)12-13-7-9(3)15-12/h7-8,10-11,14H,4-6H2,1-3H3. The zero-order valence-electron chi connectivity index (χ0n) is 9.79. The van der Waals surface area contributed by atoms with Crippen molar-refractivity contribution in [3.8, 4) is 0 Å². The van der Waals surface area contributed by atoms with Crippen LogP contribution in [0.1, 0.15) is 49.0 Å². The molecular formula is C12H20N2S. The average molecular weight is 224 g/mol. The van der Waals surface area contributed by atoms with Gasteiger partial charge in [0, 0.05) is 17.1 Å². The molecule has 84 valence electrons. The molecule has 3 heteroatoms. The van der Waals surface area contributed by atoms with Gasteiger partial charge in [0.2, 0.25) is 0 Å². The second-order valence-corrected chi connectivity index (χ2v) is 5.87. The van der Waals surface area contributed by atoms with Crippen LogP contribution in [0.5, 0.6) is 0 Å². The third kappa shape index (κ3) is 2.79. The first kappa shape index (κ1) is 11.1. The van der Waals surface area contributed by atoms with Gasteiger partial charge in [-0.15, -0.1) is 11.3 Å². The molecule has 1 aromatic heterocycles. The maximum Gasteiger partial charge on any atom is 0.110 e. The number of thiazole rings is 1. The van der Waals surface area contributed by atoms with Crippen molar-refractivity contribution in [1.82, 2.24) is 10.3 Å². The summed E-state index contributed by atoms with van der Waals surface area (Å²) in [7, 11) is 0. The molecule has 2 rings (SSSR count). The van der Waals surface area contributed by atoms with Crippen molar-refractivity contribution in [3.63, 3.8) is 0 Å².